The number of benzene rings is 2. The van der Waals surface area contributed by atoms with Crippen LogP contribution in [0.25, 0.3) is 0 Å². The van der Waals surface area contributed by atoms with Gasteiger partial charge in [-0.1, -0.05) is 42.0 Å². The van der Waals surface area contributed by atoms with Crippen molar-refractivity contribution in [1.82, 2.24) is 0 Å². The maximum Gasteiger partial charge on any atom is 0.201 e. The van der Waals surface area contributed by atoms with Crippen LogP contribution in [0.3, 0.4) is 0 Å². The number of aliphatic hydroxyl groups is 1. The fourth-order valence-corrected chi connectivity index (χ4v) is 2.52. The van der Waals surface area contributed by atoms with Crippen molar-refractivity contribution >= 4 is 5.78 Å². The van der Waals surface area contributed by atoms with Gasteiger partial charge in [-0.3, -0.25) is 4.79 Å². The summed E-state index contributed by atoms with van der Waals surface area (Å²) < 4.78 is 5.87. The number of para-hydroxylation sites is 1. The molecule has 2 aromatic rings. The van der Waals surface area contributed by atoms with Crippen LogP contribution in [-0.2, 0) is 0 Å². The van der Waals surface area contributed by atoms with Gasteiger partial charge in [0.2, 0.25) is 5.78 Å². The molecule has 0 spiro atoms. The van der Waals surface area contributed by atoms with Gasteiger partial charge in [-0.2, -0.15) is 0 Å². The molecule has 3 rings (SSSR count). The second-order valence-electron chi connectivity index (χ2n) is 5.38. The zero-order valence-corrected chi connectivity index (χ0v) is 11.5. The van der Waals surface area contributed by atoms with E-state index in [0.717, 1.165) is 11.1 Å². The predicted octanol–water partition coefficient (Wildman–Crippen LogP) is 3.06. The molecular formula is C17H16O3. The smallest absolute Gasteiger partial charge is 0.201 e. The van der Waals surface area contributed by atoms with E-state index >= 15 is 0 Å². The first-order valence-electron chi connectivity index (χ1n) is 6.59. The highest BCUT2D eigenvalue weighted by Gasteiger charge is 2.47. The SMILES string of the molecule is Cc1ccc([C@@H]2Oc3ccccc3C(=O)[C@@]2(C)O)cc1. The van der Waals surface area contributed by atoms with Gasteiger partial charge in [0.15, 0.2) is 11.7 Å². The average molecular weight is 268 g/mol. The number of Topliss-reactive ketones (excluding diaryl/α,β-unsaturated/α-hetero) is 1. The summed E-state index contributed by atoms with van der Waals surface area (Å²) in [5.74, 6) is 0.222. The minimum Gasteiger partial charge on any atom is -0.481 e. The van der Waals surface area contributed by atoms with Crippen LogP contribution in [0.5, 0.6) is 5.75 Å². The van der Waals surface area contributed by atoms with Crippen molar-refractivity contribution < 1.29 is 14.6 Å². The van der Waals surface area contributed by atoms with Crippen LogP contribution >= 0.6 is 0 Å². The standard InChI is InChI=1S/C17H16O3/c1-11-7-9-12(10-8-11)16-17(2,19)15(18)13-5-3-4-6-14(13)20-16/h3-10,16,19H,1-2H3/t16-,17+/m0/s1. The molecule has 102 valence electrons. The average Bonchev–Trinajstić information content (AvgIpc) is 2.44. The molecule has 3 nitrogen and oxygen atoms in total. The molecule has 0 unspecified atom stereocenters. The molecule has 0 amide bonds. The van der Waals surface area contributed by atoms with Gasteiger partial charge in [0.05, 0.1) is 5.56 Å². The molecule has 0 fully saturated rings. The first-order chi connectivity index (χ1) is 9.50. The molecule has 1 N–H and O–H groups in total. The van der Waals surface area contributed by atoms with E-state index in [2.05, 4.69) is 0 Å². The summed E-state index contributed by atoms with van der Waals surface area (Å²) >= 11 is 0. The molecule has 2 atom stereocenters. The van der Waals surface area contributed by atoms with Gasteiger partial charge in [0.1, 0.15) is 5.75 Å². The Hall–Kier alpha value is -2.13. The molecule has 0 saturated carbocycles. The highest BCUT2D eigenvalue weighted by molar-refractivity contribution is 6.05. The molecule has 1 heterocycles. The summed E-state index contributed by atoms with van der Waals surface area (Å²) in [6.07, 6.45) is -0.689. The number of hydrogen-bond acceptors (Lipinski definition) is 3. The molecule has 0 aromatic heterocycles. The van der Waals surface area contributed by atoms with Crippen LogP contribution in [0.1, 0.15) is 34.5 Å². The normalized spacial score (nSPS) is 24.9. The van der Waals surface area contributed by atoms with E-state index in [-0.39, 0.29) is 5.78 Å². The van der Waals surface area contributed by atoms with Gasteiger partial charge in [-0.15, -0.1) is 0 Å². The fraction of sp³-hybridized carbons (Fsp3) is 0.235. The zero-order valence-electron chi connectivity index (χ0n) is 11.5. The Bertz CT molecular complexity index is 656. The third-order valence-electron chi connectivity index (χ3n) is 3.73. The van der Waals surface area contributed by atoms with Crippen LogP contribution < -0.4 is 4.74 Å². The van der Waals surface area contributed by atoms with Crippen molar-refractivity contribution in [2.24, 2.45) is 0 Å². The van der Waals surface area contributed by atoms with E-state index in [1.54, 1.807) is 18.2 Å². The van der Waals surface area contributed by atoms with Crippen molar-refractivity contribution in [3.05, 3.63) is 65.2 Å². The van der Waals surface area contributed by atoms with Gasteiger partial charge in [-0.25, -0.2) is 0 Å². The van der Waals surface area contributed by atoms with Crippen LogP contribution in [0.2, 0.25) is 0 Å². The number of ether oxygens (including phenoxy) is 1. The summed E-state index contributed by atoms with van der Waals surface area (Å²) in [5.41, 5.74) is 0.782. The van der Waals surface area contributed by atoms with E-state index in [1.807, 2.05) is 37.3 Å². The predicted molar refractivity (Wildman–Crippen MR) is 75.9 cm³/mol. The lowest BCUT2D eigenvalue weighted by Gasteiger charge is -2.37. The van der Waals surface area contributed by atoms with Crippen LogP contribution in [0, 0.1) is 6.92 Å². The lowest BCUT2D eigenvalue weighted by atomic mass is 9.83. The van der Waals surface area contributed by atoms with Gasteiger partial charge < -0.3 is 9.84 Å². The third kappa shape index (κ3) is 1.91. The number of ketones is 1. The third-order valence-corrected chi connectivity index (χ3v) is 3.73. The summed E-state index contributed by atoms with van der Waals surface area (Å²) in [6.45, 7) is 3.50. The van der Waals surface area contributed by atoms with Crippen molar-refractivity contribution in [2.45, 2.75) is 25.6 Å². The van der Waals surface area contributed by atoms with E-state index in [1.165, 1.54) is 6.92 Å². The van der Waals surface area contributed by atoms with E-state index < -0.39 is 11.7 Å². The van der Waals surface area contributed by atoms with E-state index in [0.29, 0.717) is 11.3 Å². The Labute approximate surface area is 117 Å². The molecule has 0 radical (unpaired) electrons. The van der Waals surface area contributed by atoms with Gasteiger partial charge in [-0.05, 0) is 31.5 Å². The number of fused-ring (bicyclic) bond motifs is 1. The fourth-order valence-electron chi connectivity index (χ4n) is 2.52. The molecule has 1 aliphatic heterocycles. The topological polar surface area (TPSA) is 46.5 Å². The minimum atomic E-state index is -1.57. The zero-order chi connectivity index (χ0) is 14.3. The van der Waals surface area contributed by atoms with E-state index in [9.17, 15) is 9.90 Å². The lowest BCUT2D eigenvalue weighted by molar-refractivity contribution is -0.0379. The van der Waals surface area contributed by atoms with Crippen molar-refractivity contribution in [3.8, 4) is 5.75 Å². The van der Waals surface area contributed by atoms with Crippen molar-refractivity contribution in [1.29, 1.82) is 0 Å². The summed E-state index contributed by atoms with van der Waals surface area (Å²) in [5, 5.41) is 10.6. The monoisotopic (exact) mass is 268 g/mol. The highest BCUT2D eigenvalue weighted by Crippen LogP contribution is 2.40. The quantitative estimate of drug-likeness (QED) is 0.864. The summed E-state index contributed by atoms with van der Waals surface area (Å²) in [4.78, 5) is 12.5. The first kappa shape index (κ1) is 12.9. The van der Waals surface area contributed by atoms with Gasteiger partial charge in [0, 0.05) is 0 Å². The number of carbonyl (C=O) groups is 1. The first-order valence-corrected chi connectivity index (χ1v) is 6.59. The Kier molecular flexibility index (Phi) is 2.87. The lowest BCUT2D eigenvalue weighted by Crippen LogP contribution is -2.47. The van der Waals surface area contributed by atoms with E-state index in [4.69, 9.17) is 4.74 Å². The van der Waals surface area contributed by atoms with Crippen LogP contribution in [0.4, 0.5) is 0 Å². The molecule has 3 heteroatoms. The largest absolute Gasteiger partial charge is 0.481 e. The summed E-state index contributed by atoms with van der Waals surface area (Å²) in [6, 6.07) is 14.7. The van der Waals surface area contributed by atoms with Crippen molar-refractivity contribution in [2.75, 3.05) is 0 Å². The number of hydrogen-bond donors (Lipinski definition) is 1. The molecule has 1 aliphatic rings. The van der Waals surface area contributed by atoms with Crippen LogP contribution in [0.15, 0.2) is 48.5 Å². The Balaban J connectivity index is 2.09. The number of carbonyl (C=O) groups excluding carboxylic acids is 1. The maximum absolute atomic E-state index is 12.5. The Morgan fingerprint density at radius 2 is 1.75 bits per heavy atom. The number of aryl methyl sites for hydroxylation is 1. The van der Waals surface area contributed by atoms with Crippen molar-refractivity contribution in [3.63, 3.8) is 0 Å². The molecule has 0 saturated heterocycles. The molecule has 20 heavy (non-hydrogen) atoms. The van der Waals surface area contributed by atoms with Gasteiger partial charge in [0.25, 0.3) is 0 Å². The maximum atomic E-state index is 12.5. The van der Waals surface area contributed by atoms with Crippen LogP contribution in [-0.4, -0.2) is 16.5 Å². The molecule has 2 aromatic carbocycles. The summed E-state index contributed by atoms with van der Waals surface area (Å²) in [7, 11) is 0. The second-order valence-corrected chi connectivity index (χ2v) is 5.38. The second kappa shape index (κ2) is 4.46. The number of rotatable bonds is 1. The Morgan fingerprint density at radius 3 is 2.45 bits per heavy atom. The van der Waals surface area contributed by atoms with Gasteiger partial charge >= 0.3 is 0 Å². The Morgan fingerprint density at radius 1 is 1.10 bits per heavy atom. The molecular weight excluding hydrogens is 252 g/mol. The highest BCUT2D eigenvalue weighted by atomic mass is 16.5. The molecule has 0 aliphatic carbocycles. The molecule has 0 bridgehead atoms. The minimum absolute atomic E-state index is 0.301.